The van der Waals surface area contributed by atoms with Crippen molar-refractivity contribution in [3.8, 4) is 56.1 Å². The highest BCUT2D eigenvalue weighted by atomic mass is 15.2. The number of hydrogen-bond donors (Lipinski definition) is 0. The quantitative estimate of drug-likeness (QED) is 0.173. The summed E-state index contributed by atoms with van der Waals surface area (Å²) in [5, 5.41) is 0. The molecule has 8 aromatic carbocycles. The van der Waals surface area contributed by atoms with Gasteiger partial charge in [0.15, 0.2) is 0 Å². The lowest BCUT2D eigenvalue weighted by Gasteiger charge is -2.23. The lowest BCUT2D eigenvalue weighted by Crippen LogP contribution is -2.19. The molecule has 5 aromatic heterocycles. The maximum absolute atomic E-state index is 5.28. The zero-order valence-electron chi connectivity index (χ0n) is 35.6. The Kier molecular flexibility index (Phi) is 7.30. The van der Waals surface area contributed by atoms with Gasteiger partial charge in [-0.05, 0) is 99.6 Å². The van der Waals surface area contributed by atoms with Gasteiger partial charge in [-0.2, -0.15) is 0 Å². The fraction of sp³-hybridized carbons (Fsp3) is 0.0526. The average Bonchev–Trinajstić information content (AvgIpc) is 4.14. The Morgan fingerprint density at radius 3 is 1.62 bits per heavy atom. The maximum Gasteiger partial charge on any atom is 0.221 e. The van der Waals surface area contributed by atoms with Crippen LogP contribution in [0.1, 0.15) is 25.0 Å². The molecule has 0 fully saturated rings. The molecule has 8 heteroatoms. The summed E-state index contributed by atoms with van der Waals surface area (Å²) in [4.78, 5) is 20.5. The van der Waals surface area contributed by atoms with E-state index < -0.39 is 0 Å². The number of rotatable bonds is 5. The molecule has 65 heavy (non-hydrogen) atoms. The molecule has 8 nitrogen and oxygen atoms in total. The summed E-state index contributed by atoms with van der Waals surface area (Å²) in [6, 6.07) is 67.1. The van der Waals surface area contributed by atoms with Crippen LogP contribution in [0.25, 0.3) is 112 Å². The Morgan fingerprint density at radius 1 is 0.400 bits per heavy atom. The van der Waals surface area contributed by atoms with Gasteiger partial charge < -0.3 is 0 Å². The van der Waals surface area contributed by atoms with E-state index in [1.165, 1.54) is 16.7 Å². The van der Waals surface area contributed by atoms with Crippen LogP contribution >= 0.6 is 0 Å². The van der Waals surface area contributed by atoms with E-state index in [1.54, 1.807) is 6.33 Å². The molecular formula is C57H38N8. The summed E-state index contributed by atoms with van der Waals surface area (Å²) < 4.78 is 9.13. The largest absolute Gasteiger partial charge is 0.278 e. The normalized spacial score (nSPS) is 13.2. The summed E-state index contributed by atoms with van der Waals surface area (Å²) in [5.74, 6) is 2.54. The third-order valence-corrected chi connectivity index (χ3v) is 13.7. The molecule has 1 aliphatic rings. The fourth-order valence-electron chi connectivity index (χ4n) is 10.6. The summed E-state index contributed by atoms with van der Waals surface area (Å²) in [5.41, 5.74) is 20.4. The Balaban J connectivity index is 0.947. The molecule has 0 unspecified atom stereocenters. The number of fused-ring (bicyclic) bond motifs is 13. The van der Waals surface area contributed by atoms with Gasteiger partial charge in [0, 0.05) is 22.2 Å². The molecule has 0 atom stereocenters. The summed E-state index contributed by atoms with van der Waals surface area (Å²) in [6.07, 6.45) is 1.70. The second-order valence-electron chi connectivity index (χ2n) is 17.6. The fourth-order valence-corrected chi connectivity index (χ4v) is 10.6. The van der Waals surface area contributed by atoms with Crippen LogP contribution in [-0.4, -0.2) is 37.9 Å². The molecule has 0 amide bonds. The van der Waals surface area contributed by atoms with Gasteiger partial charge in [-0.3, -0.25) is 17.9 Å². The molecule has 5 heterocycles. The first-order valence-electron chi connectivity index (χ1n) is 22.1. The van der Waals surface area contributed by atoms with Gasteiger partial charge in [-0.25, -0.2) is 19.9 Å². The smallest absolute Gasteiger partial charge is 0.221 e. The van der Waals surface area contributed by atoms with Gasteiger partial charge in [0.2, 0.25) is 11.6 Å². The Morgan fingerprint density at radius 2 is 0.923 bits per heavy atom. The van der Waals surface area contributed by atoms with Crippen LogP contribution in [0.4, 0.5) is 0 Å². The lowest BCUT2D eigenvalue weighted by atomic mass is 9.82. The van der Waals surface area contributed by atoms with Crippen molar-refractivity contribution in [1.82, 2.24) is 37.9 Å². The van der Waals surface area contributed by atoms with E-state index in [-0.39, 0.29) is 5.41 Å². The molecule has 0 N–H and O–H groups in total. The predicted molar refractivity (Wildman–Crippen MR) is 262 cm³/mol. The van der Waals surface area contributed by atoms with Crippen LogP contribution in [0.3, 0.4) is 0 Å². The monoisotopic (exact) mass is 834 g/mol. The van der Waals surface area contributed by atoms with E-state index in [9.17, 15) is 0 Å². The van der Waals surface area contributed by atoms with Gasteiger partial charge in [-0.15, -0.1) is 0 Å². The predicted octanol–water partition coefficient (Wildman–Crippen LogP) is 13.3. The van der Waals surface area contributed by atoms with Gasteiger partial charge in [0.05, 0.1) is 49.8 Å². The molecule has 14 rings (SSSR count). The molecule has 0 radical (unpaired) electrons. The van der Waals surface area contributed by atoms with Gasteiger partial charge in [0.1, 0.15) is 12.1 Å². The van der Waals surface area contributed by atoms with Crippen LogP contribution in [0.5, 0.6) is 0 Å². The first-order chi connectivity index (χ1) is 32.0. The lowest BCUT2D eigenvalue weighted by molar-refractivity contribution is 0.649. The summed E-state index contributed by atoms with van der Waals surface area (Å²) >= 11 is 0. The third kappa shape index (κ3) is 5.07. The Bertz CT molecular complexity index is 4090. The highest BCUT2D eigenvalue weighted by Gasteiger charge is 2.40. The van der Waals surface area contributed by atoms with E-state index in [2.05, 4.69) is 220 Å². The molecular weight excluding hydrogens is 797 g/mol. The molecule has 13 aromatic rings. The summed E-state index contributed by atoms with van der Waals surface area (Å²) in [6.45, 7) is 4.55. The van der Waals surface area contributed by atoms with Crippen molar-refractivity contribution in [2.24, 2.45) is 0 Å². The minimum atomic E-state index is -0.313. The number of benzene rings is 8. The van der Waals surface area contributed by atoms with Crippen molar-refractivity contribution in [2.75, 3.05) is 0 Å². The molecule has 0 bridgehead atoms. The van der Waals surface area contributed by atoms with E-state index in [0.29, 0.717) is 0 Å². The molecule has 0 saturated heterocycles. The van der Waals surface area contributed by atoms with Crippen molar-refractivity contribution < 1.29 is 0 Å². The van der Waals surface area contributed by atoms with Crippen LogP contribution in [0.2, 0.25) is 0 Å². The van der Waals surface area contributed by atoms with E-state index >= 15 is 0 Å². The number of nitrogens with zero attached hydrogens (tertiary/aromatic N) is 8. The highest BCUT2D eigenvalue weighted by molar-refractivity contribution is 5.98. The van der Waals surface area contributed by atoms with E-state index in [1.807, 2.05) is 0 Å². The zero-order valence-corrected chi connectivity index (χ0v) is 35.6. The number of aromatic nitrogens is 8. The highest BCUT2D eigenvalue weighted by Crippen LogP contribution is 2.50. The van der Waals surface area contributed by atoms with Crippen molar-refractivity contribution in [1.29, 1.82) is 0 Å². The summed E-state index contributed by atoms with van der Waals surface area (Å²) in [7, 11) is 0. The van der Waals surface area contributed by atoms with E-state index in [0.717, 1.165) is 106 Å². The average molecular weight is 835 g/mol. The number of para-hydroxylation sites is 4. The van der Waals surface area contributed by atoms with Crippen molar-refractivity contribution in [3.05, 3.63) is 206 Å². The topological polar surface area (TPSA) is 70.2 Å². The molecule has 0 saturated carbocycles. The first-order valence-corrected chi connectivity index (χ1v) is 22.1. The Labute approximate surface area is 373 Å². The molecule has 1 aliphatic carbocycles. The third-order valence-electron chi connectivity index (χ3n) is 13.7. The minimum absolute atomic E-state index is 0.313. The van der Waals surface area contributed by atoms with Gasteiger partial charge in [-0.1, -0.05) is 141 Å². The van der Waals surface area contributed by atoms with Crippen molar-refractivity contribution >= 4 is 55.7 Å². The van der Waals surface area contributed by atoms with Gasteiger partial charge >= 0.3 is 0 Å². The van der Waals surface area contributed by atoms with Crippen molar-refractivity contribution in [3.63, 3.8) is 0 Å². The minimum Gasteiger partial charge on any atom is -0.278 e. The number of hydrogen-bond acceptors (Lipinski definition) is 4. The SMILES string of the molecule is CC1(C)c2ccccc2-c2ncnc(-n3c4ccc(-c5ccc6c(c5)n5c7ccccc7nc5n6-c5cccc(-c6ccc(-c7ccccc7)cc6)c5)cc4n4c5ccccc5nc34)c21. The van der Waals surface area contributed by atoms with Crippen LogP contribution < -0.4 is 0 Å². The molecule has 0 aliphatic heterocycles. The van der Waals surface area contributed by atoms with Crippen LogP contribution in [-0.2, 0) is 5.41 Å². The zero-order chi connectivity index (χ0) is 43.0. The standard InChI is InChI=1S/C57H38N8/c1-57(2)43-18-7-6-17-42(43)53-52(57)54(59-34-58-53)65-49-30-28-40(33-51(49)64-47-22-11-9-20-45(47)61-56(64)65)39-27-29-48-50(32-39)63-46-21-10-8-19-44(46)60-55(63)62(48)41-16-12-15-38(31-41)37-25-23-36(24-26-37)35-13-4-3-5-14-35/h3-34H,1-2H3. The van der Waals surface area contributed by atoms with E-state index in [4.69, 9.17) is 19.9 Å². The van der Waals surface area contributed by atoms with Crippen LogP contribution in [0.15, 0.2) is 194 Å². The molecule has 0 spiro atoms. The number of imidazole rings is 4. The second-order valence-corrected chi connectivity index (χ2v) is 17.6. The first kappa shape index (κ1) is 35.9. The second kappa shape index (κ2) is 13.2. The van der Waals surface area contributed by atoms with Gasteiger partial charge in [0.25, 0.3) is 0 Å². The molecule has 306 valence electrons. The Hall–Kier alpha value is -8.62. The maximum atomic E-state index is 5.28. The van der Waals surface area contributed by atoms with Crippen LogP contribution in [0, 0.1) is 0 Å². The van der Waals surface area contributed by atoms with Crippen molar-refractivity contribution in [2.45, 2.75) is 19.3 Å².